The third-order valence-electron chi connectivity index (χ3n) is 0.772. The van der Waals surface area contributed by atoms with Gasteiger partial charge in [0.2, 0.25) is 0 Å². The lowest BCUT2D eigenvalue weighted by Gasteiger charge is -1.84. The summed E-state index contributed by atoms with van der Waals surface area (Å²) < 4.78 is 0. The molecule has 0 spiro atoms. The van der Waals surface area contributed by atoms with Crippen molar-refractivity contribution in [2.75, 3.05) is 12.8 Å². The summed E-state index contributed by atoms with van der Waals surface area (Å²) in [5, 5.41) is 7.42. The first-order chi connectivity index (χ1) is 3.43. The number of nitrogens with zero attached hydrogens (tertiary/aromatic N) is 2. The lowest BCUT2D eigenvalue weighted by atomic mass is 10.6. The predicted octanol–water partition coefficient (Wildman–Crippen LogP) is 1.66. The zero-order valence-corrected chi connectivity index (χ0v) is 4.90. The van der Waals surface area contributed by atoms with Crippen LogP contribution in [0.4, 0.5) is 0 Å². The first kappa shape index (κ1) is 4.84. The van der Waals surface area contributed by atoms with Gasteiger partial charge in [0.15, 0.2) is 0 Å². The minimum absolute atomic E-state index is 0.793. The highest BCUT2D eigenvalue weighted by Crippen LogP contribution is 2.15. The van der Waals surface area contributed by atoms with Crippen LogP contribution in [-0.4, -0.2) is 12.8 Å². The number of rotatable bonds is 1. The van der Waals surface area contributed by atoms with Crippen molar-refractivity contribution >= 4 is 11.8 Å². The van der Waals surface area contributed by atoms with Crippen LogP contribution in [0, 0.1) is 0 Å². The van der Waals surface area contributed by atoms with E-state index in [1.54, 1.807) is 18.0 Å². The summed E-state index contributed by atoms with van der Waals surface area (Å²) in [6, 6.07) is 0. The van der Waals surface area contributed by atoms with E-state index in [0.29, 0.717) is 0 Å². The Bertz CT molecular complexity index is 117. The summed E-state index contributed by atoms with van der Waals surface area (Å²) in [6.45, 7) is 0.793. The van der Waals surface area contributed by atoms with Crippen LogP contribution in [0.2, 0.25) is 0 Å². The van der Waals surface area contributed by atoms with Crippen molar-refractivity contribution in [3.63, 3.8) is 0 Å². The van der Waals surface area contributed by atoms with Crippen LogP contribution in [0.3, 0.4) is 0 Å². The monoisotopic (exact) mass is 114 g/mol. The van der Waals surface area contributed by atoms with Gasteiger partial charge in [0, 0.05) is 4.91 Å². The van der Waals surface area contributed by atoms with Crippen LogP contribution < -0.4 is 0 Å². The maximum Gasteiger partial charge on any atom is 0.0927 e. The van der Waals surface area contributed by atoms with E-state index in [-0.39, 0.29) is 0 Å². The molecule has 0 N–H and O–H groups in total. The fourth-order valence-corrected chi connectivity index (χ4v) is 0.713. The minimum atomic E-state index is 0.793. The van der Waals surface area contributed by atoms with Gasteiger partial charge in [-0.25, -0.2) is 0 Å². The van der Waals surface area contributed by atoms with Gasteiger partial charge in [-0.3, -0.25) is 0 Å². The first-order valence-corrected chi connectivity index (χ1v) is 3.25. The molecule has 0 saturated carbocycles. The number of hydrogen-bond acceptors (Lipinski definition) is 3. The Hall–Kier alpha value is -0.310. The Morgan fingerprint density at radius 3 is 3.00 bits per heavy atom. The summed E-state index contributed by atoms with van der Waals surface area (Å²) in [4.78, 5) is 1.25. The normalized spacial score (nSPS) is 17.6. The molecule has 0 fully saturated rings. The van der Waals surface area contributed by atoms with Gasteiger partial charge in [-0.05, 0) is 6.26 Å². The van der Waals surface area contributed by atoms with Crippen LogP contribution in [0.1, 0.15) is 0 Å². The quantitative estimate of drug-likeness (QED) is 0.508. The lowest BCUT2D eigenvalue weighted by molar-refractivity contribution is 1.13. The Kier molecular flexibility index (Phi) is 1.46. The van der Waals surface area contributed by atoms with Crippen LogP contribution in [0.5, 0.6) is 0 Å². The third-order valence-corrected chi connectivity index (χ3v) is 1.53. The van der Waals surface area contributed by atoms with Crippen molar-refractivity contribution in [2.24, 2.45) is 10.2 Å². The van der Waals surface area contributed by atoms with Gasteiger partial charge in [0.25, 0.3) is 0 Å². The van der Waals surface area contributed by atoms with E-state index in [2.05, 4.69) is 10.2 Å². The summed E-state index contributed by atoms with van der Waals surface area (Å²) in [6.07, 6.45) is 3.83. The molecule has 0 bridgehead atoms. The Morgan fingerprint density at radius 2 is 2.71 bits per heavy atom. The lowest BCUT2D eigenvalue weighted by Crippen LogP contribution is -1.71. The smallest absolute Gasteiger partial charge is 0.0927 e. The minimum Gasteiger partial charge on any atom is -0.184 e. The van der Waals surface area contributed by atoms with Crippen LogP contribution in [0.15, 0.2) is 21.3 Å². The van der Waals surface area contributed by atoms with Crippen molar-refractivity contribution in [2.45, 2.75) is 0 Å². The van der Waals surface area contributed by atoms with Crippen LogP contribution in [0.25, 0.3) is 0 Å². The van der Waals surface area contributed by atoms with Gasteiger partial charge in [-0.15, -0.1) is 11.8 Å². The molecule has 1 aliphatic rings. The van der Waals surface area contributed by atoms with Crippen molar-refractivity contribution < 1.29 is 0 Å². The van der Waals surface area contributed by atoms with E-state index in [1.165, 1.54) is 4.91 Å². The molecule has 0 atom stereocenters. The Balaban J connectivity index is 2.45. The fraction of sp³-hybridized carbons (Fsp3) is 0.500. The zero-order valence-electron chi connectivity index (χ0n) is 4.09. The SMILES string of the molecule is CSC1=CN=NC1. The molecule has 0 saturated heterocycles. The van der Waals surface area contributed by atoms with Gasteiger partial charge < -0.3 is 0 Å². The molecular formula is C4H6N2S. The average molecular weight is 114 g/mol. The summed E-state index contributed by atoms with van der Waals surface area (Å²) in [5.41, 5.74) is 0. The number of hydrogen-bond donors (Lipinski definition) is 0. The molecule has 38 valence electrons. The second-order valence-electron chi connectivity index (χ2n) is 1.21. The summed E-state index contributed by atoms with van der Waals surface area (Å²) in [5.74, 6) is 0. The third kappa shape index (κ3) is 1.03. The molecule has 0 aromatic rings. The second-order valence-corrected chi connectivity index (χ2v) is 2.15. The van der Waals surface area contributed by atoms with Crippen LogP contribution >= 0.6 is 11.8 Å². The van der Waals surface area contributed by atoms with Crippen molar-refractivity contribution in [1.29, 1.82) is 0 Å². The Labute approximate surface area is 46.7 Å². The molecule has 1 aliphatic heterocycles. The standard InChI is InChI=1S/C4H6N2S/c1-7-4-2-5-6-3-4/h2H,3H2,1H3. The van der Waals surface area contributed by atoms with E-state index in [1.807, 2.05) is 6.26 Å². The molecule has 0 aromatic heterocycles. The summed E-state index contributed by atoms with van der Waals surface area (Å²) >= 11 is 1.71. The maximum atomic E-state index is 3.75. The number of azo groups is 1. The van der Waals surface area contributed by atoms with Gasteiger partial charge in [-0.1, -0.05) is 0 Å². The number of thioether (sulfide) groups is 1. The molecule has 1 rings (SSSR count). The van der Waals surface area contributed by atoms with Crippen molar-refractivity contribution in [3.05, 3.63) is 11.1 Å². The molecule has 0 radical (unpaired) electrons. The molecule has 3 heteroatoms. The summed E-state index contributed by atoms with van der Waals surface area (Å²) in [7, 11) is 0. The molecule has 7 heavy (non-hydrogen) atoms. The van der Waals surface area contributed by atoms with Gasteiger partial charge >= 0.3 is 0 Å². The second kappa shape index (κ2) is 2.12. The van der Waals surface area contributed by atoms with E-state index in [4.69, 9.17) is 0 Å². The fourth-order valence-electron chi connectivity index (χ4n) is 0.374. The maximum absolute atomic E-state index is 3.75. The topological polar surface area (TPSA) is 24.7 Å². The molecule has 0 amide bonds. The van der Waals surface area contributed by atoms with E-state index >= 15 is 0 Å². The average Bonchev–Trinajstić information content (AvgIpc) is 2.14. The molecule has 1 heterocycles. The van der Waals surface area contributed by atoms with E-state index in [0.717, 1.165) is 6.54 Å². The molecule has 0 unspecified atom stereocenters. The van der Waals surface area contributed by atoms with E-state index < -0.39 is 0 Å². The van der Waals surface area contributed by atoms with Crippen molar-refractivity contribution in [1.82, 2.24) is 0 Å². The molecule has 0 aliphatic carbocycles. The van der Waals surface area contributed by atoms with E-state index in [9.17, 15) is 0 Å². The Morgan fingerprint density at radius 1 is 1.86 bits per heavy atom. The van der Waals surface area contributed by atoms with Crippen LogP contribution in [-0.2, 0) is 0 Å². The zero-order chi connectivity index (χ0) is 5.11. The molecule has 2 nitrogen and oxygen atoms in total. The highest BCUT2D eigenvalue weighted by molar-refractivity contribution is 8.02. The largest absolute Gasteiger partial charge is 0.184 e. The van der Waals surface area contributed by atoms with Gasteiger partial charge in [0.1, 0.15) is 0 Å². The highest BCUT2D eigenvalue weighted by atomic mass is 32.2. The first-order valence-electron chi connectivity index (χ1n) is 2.03. The highest BCUT2D eigenvalue weighted by Gasteiger charge is 1.95. The molecular weight excluding hydrogens is 108 g/mol. The molecule has 0 aromatic carbocycles. The van der Waals surface area contributed by atoms with Gasteiger partial charge in [-0.2, -0.15) is 10.2 Å². The van der Waals surface area contributed by atoms with Gasteiger partial charge in [0.05, 0.1) is 12.7 Å². The predicted molar refractivity (Wildman–Crippen MR) is 31.3 cm³/mol. The van der Waals surface area contributed by atoms with Crippen molar-refractivity contribution in [3.8, 4) is 0 Å².